The van der Waals surface area contributed by atoms with Crippen LogP contribution >= 0.6 is 11.3 Å². The number of nitrogens with one attached hydrogen (secondary N) is 1. The molecule has 1 aliphatic carbocycles. The zero-order chi connectivity index (χ0) is 14.8. The summed E-state index contributed by atoms with van der Waals surface area (Å²) in [5.74, 6) is 0. The molecule has 0 aromatic carbocycles. The number of aliphatic hydroxyl groups excluding tert-OH is 1. The summed E-state index contributed by atoms with van der Waals surface area (Å²) in [5, 5.41) is 14.3. The van der Waals surface area contributed by atoms with Gasteiger partial charge < -0.3 is 15.3 Å². The number of carbonyl (C=O) groups excluding carboxylic acids is 1. The zero-order valence-corrected chi connectivity index (χ0v) is 13.2. The zero-order valence-electron chi connectivity index (χ0n) is 12.4. The smallest absolute Gasteiger partial charge is 0.318 e. The fourth-order valence-corrected chi connectivity index (χ4v) is 3.34. The predicted octanol–water partition coefficient (Wildman–Crippen LogP) is 3.00. The SMILES string of the molecule is CC(C)(C)C(NC(=O)N(CCO)C1CC1)c1cccs1. The van der Waals surface area contributed by atoms with Crippen LogP contribution in [-0.4, -0.2) is 35.2 Å². The van der Waals surface area contributed by atoms with Gasteiger partial charge in [0.1, 0.15) is 0 Å². The summed E-state index contributed by atoms with van der Waals surface area (Å²) in [6.07, 6.45) is 2.10. The molecule has 0 radical (unpaired) electrons. The summed E-state index contributed by atoms with van der Waals surface area (Å²) in [5.41, 5.74) is -0.0467. The van der Waals surface area contributed by atoms with E-state index in [4.69, 9.17) is 5.11 Å². The second-order valence-corrected chi connectivity index (χ2v) is 7.39. The van der Waals surface area contributed by atoms with Crippen LogP contribution in [0.1, 0.15) is 44.5 Å². The van der Waals surface area contributed by atoms with E-state index in [2.05, 4.69) is 32.2 Å². The molecule has 2 amide bonds. The van der Waals surface area contributed by atoms with E-state index in [0.717, 1.165) is 12.8 Å². The van der Waals surface area contributed by atoms with Crippen LogP contribution in [0.5, 0.6) is 0 Å². The Labute approximate surface area is 124 Å². The van der Waals surface area contributed by atoms with E-state index in [1.54, 1.807) is 16.2 Å². The molecule has 1 unspecified atom stereocenters. The van der Waals surface area contributed by atoms with Gasteiger partial charge in [-0.05, 0) is 29.7 Å². The number of thiophene rings is 1. The highest BCUT2D eigenvalue weighted by Gasteiger charge is 2.35. The van der Waals surface area contributed by atoms with Gasteiger partial charge in [0, 0.05) is 17.5 Å². The summed E-state index contributed by atoms with van der Waals surface area (Å²) in [6, 6.07) is 4.32. The van der Waals surface area contributed by atoms with Gasteiger partial charge >= 0.3 is 6.03 Å². The normalized spacial score (nSPS) is 16.8. The Morgan fingerprint density at radius 1 is 1.55 bits per heavy atom. The third-order valence-electron chi connectivity index (χ3n) is 3.55. The van der Waals surface area contributed by atoms with Gasteiger partial charge in [0.05, 0.1) is 12.6 Å². The van der Waals surface area contributed by atoms with Crippen molar-refractivity contribution in [2.75, 3.05) is 13.2 Å². The van der Waals surface area contributed by atoms with Gasteiger partial charge in [-0.3, -0.25) is 0 Å². The standard InChI is InChI=1S/C15H24N2O2S/c1-15(2,3)13(12-5-4-10-20-12)16-14(19)17(8-9-18)11-6-7-11/h4-5,10-11,13,18H,6-9H2,1-3H3,(H,16,19). The molecule has 20 heavy (non-hydrogen) atoms. The highest BCUT2D eigenvalue weighted by Crippen LogP contribution is 2.36. The molecular weight excluding hydrogens is 272 g/mol. The topological polar surface area (TPSA) is 52.6 Å². The maximum Gasteiger partial charge on any atom is 0.318 e. The Kier molecular flexibility index (Phi) is 4.70. The second kappa shape index (κ2) is 6.14. The number of rotatable bonds is 5. The number of aliphatic hydroxyl groups is 1. The third-order valence-corrected chi connectivity index (χ3v) is 4.49. The molecule has 4 nitrogen and oxygen atoms in total. The van der Waals surface area contributed by atoms with Crippen LogP contribution in [0.2, 0.25) is 0 Å². The van der Waals surface area contributed by atoms with Crippen molar-refractivity contribution in [2.45, 2.75) is 45.7 Å². The molecule has 1 aromatic rings. The highest BCUT2D eigenvalue weighted by molar-refractivity contribution is 7.10. The first-order chi connectivity index (χ1) is 9.43. The Bertz CT molecular complexity index is 435. The first kappa shape index (κ1) is 15.3. The van der Waals surface area contributed by atoms with Gasteiger partial charge in [0.2, 0.25) is 0 Å². The molecular formula is C15H24N2O2S. The number of amides is 2. The molecule has 0 spiro atoms. The van der Waals surface area contributed by atoms with E-state index < -0.39 is 0 Å². The molecule has 2 N–H and O–H groups in total. The fourth-order valence-electron chi connectivity index (χ4n) is 2.32. The van der Waals surface area contributed by atoms with Crippen LogP contribution in [0, 0.1) is 5.41 Å². The van der Waals surface area contributed by atoms with Gasteiger partial charge in [-0.2, -0.15) is 0 Å². The maximum absolute atomic E-state index is 12.5. The minimum atomic E-state index is -0.0603. The minimum absolute atomic E-state index is 0.00468. The Morgan fingerprint density at radius 2 is 2.25 bits per heavy atom. The lowest BCUT2D eigenvalue weighted by Gasteiger charge is -2.33. The number of hydrogen-bond acceptors (Lipinski definition) is 3. The third kappa shape index (κ3) is 3.73. The van der Waals surface area contributed by atoms with Crippen LogP contribution in [0.4, 0.5) is 4.79 Å². The molecule has 0 bridgehead atoms. The summed E-state index contributed by atoms with van der Waals surface area (Å²) in [7, 11) is 0. The highest BCUT2D eigenvalue weighted by atomic mass is 32.1. The second-order valence-electron chi connectivity index (χ2n) is 6.41. The summed E-state index contributed by atoms with van der Waals surface area (Å²) < 4.78 is 0. The van der Waals surface area contributed by atoms with Crippen molar-refractivity contribution < 1.29 is 9.90 Å². The van der Waals surface area contributed by atoms with Crippen LogP contribution in [0.15, 0.2) is 17.5 Å². The molecule has 0 saturated heterocycles. The van der Waals surface area contributed by atoms with Gasteiger partial charge in [0.25, 0.3) is 0 Å². The maximum atomic E-state index is 12.5. The van der Waals surface area contributed by atoms with Crippen molar-refractivity contribution in [1.29, 1.82) is 0 Å². The lowest BCUT2D eigenvalue weighted by atomic mass is 9.86. The number of urea groups is 1. The van der Waals surface area contributed by atoms with Crippen molar-refractivity contribution >= 4 is 17.4 Å². The molecule has 112 valence electrons. The largest absolute Gasteiger partial charge is 0.395 e. The lowest BCUT2D eigenvalue weighted by Crippen LogP contribution is -2.46. The number of nitrogens with zero attached hydrogens (tertiary/aromatic N) is 1. The van der Waals surface area contributed by atoms with Gasteiger partial charge in [-0.15, -0.1) is 11.3 Å². The Hall–Kier alpha value is -1.07. The van der Waals surface area contributed by atoms with Crippen molar-refractivity contribution in [3.63, 3.8) is 0 Å². The van der Waals surface area contributed by atoms with E-state index in [1.807, 2.05) is 11.4 Å². The first-order valence-corrected chi connectivity index (χ1v) is 8.03. The molecule has 1 fully saturated rings. The van der Waals surface area contributed by atoms with Crippen LogP contribution in [0.25, 0.3) is 0 Å². The van der Waals surface area contributed by atoms with Crippen molar-refractivity contribution in [2.24, 2.45) is 5.41 Å². The number of carbonyl (C=O) groups is 1. The van der Waals surface area contributed by atoms with Crippen LogP contribution in [-0.2, 0) is 0 Å². The summed E-state index contributed by atoms with van der Waals surface area (Å²) in [4.78, 5) is 15.4. The van der Waals surface area contributed by atoms with Gasteiger partial charge in [-0.25, -0.2) is 4.79 Å². The van der Waals surface area contributed by atoms with E-state index in [1.165, 1.54) is 4.88 Å². The predicted molar refractivity (Wildman–Crippen MR) is 81.9 cm³/mol. The monoisotopic (exact) mass is 296 g/mol. The van der Waals surface area contributed by atoms with E-state index >= 15 is 0 Å². The molecule has 5 heteroatoms. The van der Waals surface area contributed by atoms with Crippen LogP contribution in [0.3, 0.4) is 0 Å². The molecule has 1 atom stereocenters. The fraction of sp³-hybridized carbons (Fsp3) is 0.667. The van der Waals surface area contributed by atoms with E-state index in [0.29, 0.717) is 12.6 Å². The molecule has 2 rings (SSSR count). The summed E-state index contributed by atoms with van der Waals surface area (Å²) >= 11 is 1.67. The Morgan fingerprint density at radius 3 is 2.70 bits per heavy atom. The van der Waals surface area contributed by atoms with Crippen molar-refractivity contribution in [3.05, 3.63) is 22.4 Å². The molecule has 1 aromatic heterocycles. The Balaban J connectivity index is 2.09. The van der Waals surface area contributed by atoms with Crippen LogP contribution < -0.4 is 5.32 Å². The first-order valence-electron chi connectivity index (χ1n) is 7.15. The van der Waals surface area contributed by atoms with Gasteiger partial charge in [-0.1, -0.05) is 26.8 Å². The molecule has 0 aliphatic heterocycles. The quantitative estimate of drug-likeness (QED) is 0.877. The summed E-state index contributed by atoms with van der Waals surface area (Å²) in [6.45, 7) is 6.82. The molecule has 1 aliphatic rings. The molecule has 1 heterocycles. The van der Waals surface area contributed by atoms with E-state index in [-0.39, 0.29) is 24.1 Å². The molecule has 1 saturated carbocycles. The van der Waals surface area contributed by atoms with Crippen molar-refractivity contribution in [3.8, 4) is 0 Å². The number of hydrogen-bond donors (Lipinski definition) is 2. The lowest BCUT2D eigenvalue weighted by molar-refractivity contribution is 0.161. The minimum Gasteiger partial charge on any atom is -0.395 e. The van der Waals surface area contributed by atoms with Gasteiger partial charge in [0.15, 0.2) is 0 Å². The van der Waals surface area contributed by atoms with Crippen molar-refractivity contribution in [1.82, 2.24) is 10.2 Å². The van der Waals surface area contributed by atoms with E-state index in [9.17, 15) is 4.79 Å². The average Bonchev–Trinajstić information content (AvgIpc) is 3.06. The average molecular weight is 296 g/mol.